The van der Waals surface area contributed by atoms with E-state index in [1.54, 1.807) is 14.2 Å². The van der Waals surface area contributed by atoms with E-state index in [2.05, 4.69) is 17.0 Å². The van der Waals surface area contributed by atoms with E-state index in [4.69, 9.17) is 23.7 Å². The Balaban J connectivity index is 1.44. The molecule has 0 aromatic heterocycles. The van der Waals surface area contributed by atoms with Gasteiger partial charge in [0.2, 0.25) is 0 Å². The van der Waals surface area contributed by atoms with E-state index < -0.39 is 5.60 Å². The third-order valence-electron chi connectivity index (χ3n) is 10.5. The van der Waals surface area contributed by atoms with E-state index in [9.17, 15) is 5.11 Å². The van der Waals surface area contributed by atoms with E-state index in [-0.39, 0.29) is 36.6 Å². The highest BCUT2D eigenvalue weighted by Crippen LogP contribution is 2.74. The number of likely N-dealkylation sites (tertiary alicyclic amines) is 1. The minimum Gasteiger partial charge on any atom is -0.513 e. The van der Waals surface area contributed by atoms with Gasteiger partial charge in [0.15, 0.2) is 18.3 Å². The lowest BCUT2D eigenvalue weighted by molar-refractivity contribution is -0.266. The van der Waals surface area contributed by atoms with Crippen LogP contribution in [0.15, 0.2) is 23.5 Å². The summed E-state index contributed by atoms with van der Waals surface area (Å²) in [7, 11) is 3.37. The molecular formula is C29H39NO6. The topological polar surface area (TPSA) is 69.6 Å². The number of fused-ring (bicyclic) bond motifs is 1. The molecule has 7 rings (SSSR count). The van der Waals surface area contributed by atoms with Crippen molar-refractivity contribution in [1.82, 2.24) is 4.90 Å². The highest BCUT2D eigenvalue weighted by Gasteiger charge is 2.78. The first-order chi connectivity index (χ1) is 17.5. The Morgan fingerprint density at radius 1 is 1.11 bits per heavy atom. The van der Waals surface area contributed by atoms with Crippen LogP contribution in [0.3, 0.4) is 0 Å². The summed E-state index contributed by atoms with van der Waals surface area (Å²) in [5.74, 6) is 2.91. The number of rotatable bonds is 8. The number of ether oxygens (including phenoxy) is 5. The molecule has 196 valence electrons. The van der Waals surface area contributed by atoms with E-state index >= 15 is 0 Å². The van der Waals surface area contributed by atoms with Crippen molar-refractivity contribution in [2.45, 2.75) is 81.5 Å². The molecule has 1 aromatic carbocycles. The fourth-order valence-corrected chi connectivity index (χ4v) is 8.94. The van der Waals surface area contributed by atoms with Gasteiger partial charge in [0.1, 0.15) is 18.5 Å². The van der Waals surface area contributed by atoms with Gasteiger partial charge in [0.25, 0.3) is 0 Å². The maximum Gasteiger partial charge on any atom is 0.188 e. The molecule has 5 atom stereocenters. The molecule has 2 aliphatic heterocycles. The van der Waals surface area contributed by atoms with Crippen LogP contribution in [0, 0.1) is 11.3 Å². The lowest BCUT2D eigenvalue weighted by Gasteiger charge is -2.69. The SMILES string of the molecule is COCOc1ccc2c3c1O[C@H]1[C@@]4(CCC4=C(C)O)CC[C@@]4(OCOC)[C@@H](C2)N(CC2CC2)CC[C@]314. The Kier molecular flexibility index (Phi) is 5.25. The third kappa shape index (κ3) is 2.83. The average Bonchev–Trinajstić information content (AvgIpc) is 3.60. The zero-order valence-corrected chi connectivity index (χ0v) is 21.8. The number of allylic oxidation sites excluding steroid dienone is 1. The first-order valence-electron chi connectivity index (χ1n) is 13.7. The van der Waals surface area contributed by atoms with E-state index in [0.717, 1.165) is 69.0 Å². The Morgan fingerprint density at radius 3 is 2.64 bits per heavy atom. The fraction of sp³-hybridized carbons (Fsp3) is 0.724. The van der Waals surface area contributed by atoms with Crippen LogP contribution in [0.25, 0.3) is 0 Å². The third-order valence-corrected chi connectivity index (χ3v) is 10.5. The number of methoxy groups -OCH3 is 2. The van der Waals surface area contributed by atoms with E-state index in [1.165, 1.54) is 29.5 Å². The number of benzene rings is 1. The van der Waals surface area contributed by atoms with Gasteiger partial charge < -0.3 is 28.8 Å². The Bertz CT molecular complexity index is 1100. The van der Waals surface area contributed by atoms with Gasteiger partial charge in [-0.1, -0.05) is 6.07 Å². The Hall–Kier alpha value is -1.80. The van der Waals surface area contributed by atoms with Crippen molar-refractivity contribution in [3.05, 3.63) is 34.6 Å². The lowest BCUT2D eigenvalue weighted by atomic mass is 9.40. The maximum atomic E-state index is 10.7. The predicted molar refractivity (Wildman–Crippen MR) is 133 cm³/mol. The van der Waals surface area contributed by atoms with Crippen LogP contribution in [0.5, 0.6) is 11.5 Å². The van der Waals surface area contributed by atoms with Gasteiger partial charge in [0.05, 0.1) is 11.2 Å². The normalized spacial score (nSPS) is 39.4. The maximum absolute atomic E-state index is 10.7. The second-order valence-corrected chi connectivity index (χ2v) is 12.0. The molecule has 6 aliphatic rings. The molecule has 0 radical (unpaired) electrons. The summed E-state index contributed by atoms with van der Waals surface area (Å²) >= 11 is 0. The molecule has 4 aliphatic carbocycles. The van der Waals surface area contributed by atoms with Gasteiger partial charge in [-0.2, -0.15) is 0 Å². The molecule has 3 saturated carbocycles. The van der Waals surface area contributed by atoms with Crippen LogP contribution in [0.4, 0.5) is 0 Å². The zero-order valence-electron chi connectivity index (χ0n) is 21.8. The van der Waals surface area contributed by atoms with E-state index in [0.29, 0.717) is 5.76 Å². The largest absolute Gasteiger partial charge is 0.513 e. The second-order valence-electron chi connectivity index (χ2n) is 12.0. The highest BCUT2D eigenvalue weighted by atomic mass is 16.7. The zero-order chi connectivity index (χ0) is 24.7. The predicted octanol–water partition coefficient (Wildman–Crippen LogP) is 4.47. The van der Waals surface area contributed by atoms with E-state index in [1.807, 2.05) is 6.92 Å². The smallest absolute Gasteiger partial charge is 0.188 e. The van der Waals surface area contributed by atoms with Gasteiger partial charge >= 0.3 is 0 Å². The monoisotopic (exact) mass is 497 g/mol. The lowest BCUT2D eigenvalue weighted by Crippen LogP contribution is -2.79. The average molecular weight is 498 g/mol. The van der Waals surface area contributed by atoms with Crippen molar-refractivity contribution in [1.29, 1.82) is 0 Å². The molecule has 4 fully saturated rings. The summed E-state index contributed by atoms with van der Waals surface area (Å²) in [5.41, 5.74) is 2.98. The number of nitrogens with zero attached hydrogens (tertiary/aromatic N) is 1. The van der Waals surface area contributed by atoms with Gasteiger partial charge in [-0.25, -0.2) is 0 Å². The standard InChI is InChI=1S/C29H39NO6/c1-18(31)21-8-9-27(21)10-11-29(35-17-33-3)23-14-20-6-7-22(34-16-32-2)25-24(20)28(29,26(27)36-25)12-13-30(23)15-19-4-5-19/h6-7,19,23,26,31H,4-5,8-17H2,1-3H3/t23-,26+,27+,28+,29-/m1/s1. The number of aliphatic hydroxyl groups is 1. The molecule has 0 unspecified atom stereocenters. The number of hydrogen-bond donors (Lipinski definition) is 1. The summed E-state index contributed by atoms with van der Waals surface area (Å²) in [4.78, 5) is 2.73. The molecule has 1 N–H and O–H groups in total. The van der Waals surface area contributed by atoms with Crippen molar-refractivity contribution >= 4 is 0 Å². The molecule has 0 amide bonds. The van der Waals surface area contributed by atoms with Crippen LogP contribution in [0.2, 0.25) is 0 Å². The molecule has 2 bridgehead atoms. The van der Waals surface area contributed by atoms with Gasteiger partial charge in [-0.15, -0.1) is 0 Å². The quantitative estimate of drug-likeness (QED) is 0.420. The molecule has 2 heterocycles. The number of hydrogen-bond acceptors (Lipinski definition) is 7. The molecule has 36 heavy (non-hydrogen) atoms. The summed E-state index contributed by atoms with van der Waals surface area (Å²) in [5, 5.41) is 10.7. The summed E-state index contributed by atoms with van der Waals surface area (Å²) < 4.78 is 31.0. The highest BCUT2D eigenvalue weighted by molar-refractivity contribution is 5.64. The van der Waals surface area contributed by atoms with Gasteiger partial charge in [-0.05, 0) is 88.0 Å². The van der Waals surface area contributed by atoms with Crippen LogP contribution in [0.1, 0.15) is 63.0 Å². The van der Waals surface area contributed by atoms with Crippen molar-refractivity contribution in [3.8, 4) is 11.5 Å². The summed E-state index contributed by atoms with van der Waals surface area (Å²) in [6, 6.07) is 4.60. The molecule has 2 spiro atoms. The minimum absolute atomic E-state index is 0.0895. The van der Waals surface area contributed by atoms with Crippen LogP contribution >= 0.6 is 0 Å². The van der Waals surface area contributed by atoms with Gasteiger partial charge in [-0.3, -0.25) is 4.90 Å². The molecule has 1 aromatic rings. The number of piperidine rings is 1. The molecule has 1 saturated heterocycles. The van der Waals surface area contributed by atoms with Crippen LogP contribution in [-0.4, -0.2) is 68.6 Å². The Morgan fingerprint density at radius 2 is 1.94 bits per heavy atom. The molecule has 7 heteroatoms. The van der Waals surface area contributed by atoms with Crippen molar-refractivity contribution in [2.75, 3.05) is 40.9 Å². The fourth-order valence-electron chi connectivity index (χ4n) is 8.94. The minimum atomic E-state index is -0.395. The van der Waals surface area contributed by atoms with Gasteiger partial charge in [0, 0.05) is 37.8 Å². The first-order valence-corrected chi connectivity index (χ1v) is 13.7. The van der Waals surface area contributed by atoms with Crippen LogP contribution in [-0.2, 0) is 26.0 Å². The van der Waals surface area contributed by atoms with Crippen molar-refractivity contribution in [2.24, 2.45) is 11.3 Å². The van der Waals surface area contributed by atoms with Crippen molar-refractivity contribution < 1.29 is 28.8 Å². The summed E-state index contributed by atoms with van der Waals surface area (Å²) in [6.45, 7) is 4.52. The molecule has 7 nitrogen and oxygen atoms in total. The molecular weight excluding hydrogens is 458 g/mol. The Labute approximate surface area is 213 Å². The summed E-state index contributed by atoms with van der Waals surface area (Å²) in [6.07, 6.45) is 8.43. The first kappa shape index (κ1) is 23.3. The van der Waals surface area contributed by atoms with Crippen molar-refractivity contribution in [3.63, 3.8) is 0 Å². The number of aliphatic hydroxyl groups excluding tert-OH is 1. The van der Waals surface area contributed by atoms with Crippen LogP contribution < -0.4 is 9.47 Å². The second kappa shape index (κ2) is 8.10.